The number of para-hydroxylation sites is 1. The topological polar surface area (TPSA) is 23.5 Å². The maximum Gasteiger partial charge on any atom is 0.0663 e. The Bertz CT molecular complexity index is 286. The largest absolute Gasteiger partial charge is 0.288 e. The van der Waals surface area contributed by atoms with Crippen LogP contribution < -0.4 is 5.06 Å². The van der Waals surface area contributed by atoms with Gasteiger partial charge in [-0.15, -0.1) is 0 Å². The molecule has 0 heterocycles. The monoisotopic (exact) mass is 207 g/mol. The van der Waals surface area contributed by atoms with Crippen LogP contribution >= 0.6 is 0 Å². The Labute approximate surface area is 92.5 Å². The lowest BCUT2D eigenvalue weighted by Gasteiger charge is -2.18. The van der Waals surface area contributed by atoms with Crippen LogP contribution in [0.25, 0.3) is 0 Å². The van der Waals surface area contributed by atoms with E-state index in [4.69, 9.17) is 0 Å². The van der Waals surface area contributed by atoms with Crippen molar-refractivity contribution in [3.63, 3.8) is 0 Å². The number of hydrogen-bond donors (Lipinski definition) is 1. The normalized spacial score (nSPS) is 10.3. The first kappa shape index (κ1) is 12.1. The molecule has 0 aliphatic rings. The average Bonchev–Trinajstić information content (AvgIpc) is 2.25. The summed E-state index contributed by atoms with van der Waals surface area (Å²) in [6.45, 7) is 4.94. The lowest BCUT2D eigenvalue weighted by atomic mass is 10.1. The first-order chi connectivity index (χ1) is 7.25. The van der Waals surface area contributed by atoms with Crippen LogP contribution in [0.3, 0.4) is 0 Å². The van der Waals surface area contributed by atoms with Gasteiger partial charge in [0.05, 0.1) is 5.69 Å². The summed E-state index contributed by atoms with van der Waals surface area (Å²) in [7, 11) is 0. The molecule has 1 aromatic carbocycles. The second kappa shape index (κ2) is 6.46. The van der Waals surface area contributed by atoms with E-state index in [-0.39, 0.29) is 0 Å². The molecule has 0 aliphatic carbocycles. The summed E-state index contributed by atoms with van der Waals surface area (Å²) in [6.07, 6.45) is 4.73. The number of aryl methyl sites for hydroxylation is 1. The van der Waals surface area contributed by atoms with Crippen molar-refractivity contribution in [3.8, 4) is 0 Å². The standard InChI is InChI=1S/C13H21NO/c1-3-4-5-8-11-14(15)13-10-7-6-9-12(13)2/h6-7,9-10,15H,3-5,8,11H2,1-2H3. The molecule has 0 aromatic heterocycles. The Kier molecular flexibility index (Phi) is 5.19. The highest BCUT2D eigenvalue weighted by Crippen LogP contribution is 2.18. The molecular weight excluding hydrogens is 186 g/mol. The molecule has 0 radical (unpaired) electrons. The molecule has 0 fully saturated rings. The van der Waals surface area contributed by atoms with Gasteiger partial charge in [0.25, 0.3) is 0 Å². The van der Waals surface area contributed by atoms with Crippen molar-refractivity contribution < 1.29 is 5.21 Å². The van der Waals surface area contributed by atoms with Gasteiger partial charge in [-0.2, -0.15) is 0 Å². The van der Waals surface area contributed by atoms with Crippen LogP contribution in [0, 0.1) is 6.92 Å². The van der Waals surface area contributed by atoms with Gasteiger partial charge in [-0.3, -0.25) is 10.3 Å². The Hall–Kier alpha value is -1.02. The minimum atomic E-state index is 0.727. The van der Waals surface area contributed by atoms with Crippen LogP contribution in [0.4, 0.5) is 5.69 Å². The zero-order chi connectivity index (χ0) is 11.1. The molecule has 84 valence electrons. The summed E-state index contributed by atoms with van der Waals surface area (Å²) in [6, 6.07) is 7.92. The first-order valence-electron chi connectivity index (χ1n) is 5.77. The minimum Gasteiger partial charge on any atom is -0.288 e. The van der Waals surface area contributed by atoms with E-state index in [1.54, 1.807) is 0 Å². The van der Waals surface area contributed by atoms with Crippen molar-refractivity contribution in [2.24, 2.45) is 0 Å². The number of hydroxylamine groups is 1. The maximum atomic E-state index is 9.83. The molecule has 0 saturated heterocycles. The van der Waals surface area contributed by atoms with E-state index in [2.05, 4.69) is 6.92 Å². The predicted octanol–water partition coefficient (Wildman–Crippen LogP) is 3.77. The SMILES string of the molecule is CCCCCCN(O)c1ccccc1C. The number of unbranched alkanes of at least 4 members (excludes halogenated alkanes) is 3. The smallest absolute Gasteiger partial charge is 0.0663 e. The van der Waals surface area contributed by atoms with E-state index in [1.807, 2.05) is 31.2 Å². The van der Waals surface area contributed by atoms with Gasteiger partial charge in [0, 0.05) is 6.54 Å². The van der Waals surface area contributed by atoms with Crippen molar-refractivity contribution in [2.75, 3.05) is 11.6 Å². The van der Waals surface area contributed by atoms with Crippen LogP contribution in [0.15, 0.2) is 24.3 Å². The zero-order valence-electron chi connectivity index (χ0n) is 9.74. The third-order valence-corrected chi connectivity index (χ3v) is 2.62. The zero-order valence-corrected chi connectivity index (χ0v) is 9.74. The highest BCUT2D eigenvalue weighted by atomic mass is 16.5. The fourth-order valence-electron chi connectivity index (χ4n) is 1.66. The molecule has 0 bridgehead atoms. The molecule has 0 spiro atoms. The molecular formula is C13H21NO. The maximum absolute atomic E-state index is 9.83. The van der Waals surface area contributed by atoms with E-state index in [1.165, 1.54) is 24.3 Å². The van der Waals surface area contributed by atoms with Crippen LogP contribution in [0.1, 0.15) is 38.2 Å². The summed E-state index contributed by atoms with van der Waals surface area (Å²) in [5.41, 5.74) is 2.05. The van der Waals surface area contributed by atoms with E-state index in [0.717, 1.165) is 24.2 Å². The van der Waals surface area contributed by atoms with Crippen molar-refractivity contribution in [3.05, 3.63) is 29.8 Å². The molecule has 2 heteroatoms. The average molecular weight is 207 g/mol. The molecule has 0 unspecified atom stereocenters. The van der Waals surface area contributed by atoms with Gasteiger partial charge in [0.1, 0.15) is 0 Å². The Morgan fingerprint density at radius 1 is 1.13 bits per heavy atom. The quantitative estimate of drug-likeness (QED) is 0.567. The number of hydrogen-bond acceptors (Lipinski definition) is 2. The molecule has 15 heavy (non-hydrogen) atoms. The molecule has 0 aliphatic heterocycles. The Morgan fingerprint density at radius 3 is 2.53 bits per heavy atom. The van der Waals surface area contributed by atoms with Gasteiger partial charge < -0.3 is 0 Å². The summed E-state index contributed by atoms with van der Waals surface area (Å²) < 4.78 is 0. The Balaban J connectivity index is 2.40. The number of anilines is 1. The van der Waals surface area contributed by atoms with Crippen molar-refractivity contribution >= 4 is 5.69 Å². The minimum absolute atomic E-state index is 0.727. The number of benzene rings is 1. The van der Waals surface area contributed by atoms with Gasteiger partial charge in [-0.05, 0) is 25.0 Å². The summed E-state index contributed by atoms with van der Waals surface area (Å²) >= 11 is 0. The molecule has 0 amide bonds. The Morgan fingerprint density at radius 2 is 1.87 bits per heavy atom. The number of nitrogens with zero attached hydrogens (tertiary/aromatic N) is 1. The van der Waals surface area contributed by atoms with Crippen molar-refractivity contribution in [1.29, 1.82) is 0 Å². The van der Waals surface area contributed by atoms with E-state index >= 15 is 0 Å². The third-order valence-electron chi connectivity index (χ3n) is 2.62. The van der Waals surface area contributed by atoms with Crippen LogP contribution in [0.2, 0.25) is 0 Å². The predicted molar refractivity (Wildman–Crippen MR) is 64.5 cm³/mol. The van der Waals surface area contributed by atoms with Crippen molar-refractivity contribution in [2.45, 2.75) is 39.5 Å². The second-order valence-corrected chi connectivity index (χ2v) is 3.97. The first-order valence-corrected chi connectivity index (χ1v) is 5.77. The van der Waals surface area contributed by atoms with Gasteiger partial charge in [-0.1, -0.05) is 44.4 Å². The summed E-state index contributed by atoms with van der Waals surface area (Å²) in [5.74, 6) is 0. The van der Waals surface area contributed by atoms with Gasteiger partial charge in [-0.25, -0.2) is 0 Å². The summed E-state index contributed by atoms with van der Waals surface area (Å²) in [5, 5.41) is 11.2. The lowest BCUT2D eigenvalue weighted by molar-refractivity contribution is 0.250. The van der Waals surface area contributed by atoms with E-state index in [9.17, 15) is 5.21 Å². The van der Waals surface area contributed by atoms with Gasteiger partial charge >= 0.3 is 0 Å². The molecule has 1 aromatic rings. The van der Waals surface area contributed by atoms with E-state index in [0.29, 0.717) is 0 Å². The highest BCUT2D eigenvalue weighted by Gasteiger charge is 2.04. The van der Waals surface area contributed by atoms with Crippen LogP contribution in [-0.4, -0.2) is 11.8 Å². The van der Waals surface area contributed by atoms with Crippen LogP contribution in [-0.2, 0) is 0 Å². The van der Waals surface area contributed by atoms with Crippen molar-refractivity contribution in [1.82, 2.24) is 0 Å². The van der Waals surface area contributed by atoms with Crippen LogP contribution in [0.5, 0.6) is 0 Å². The third kappa shape index (κ3) is 3.92. The lowest BCUT2D eigenvalue weighted by Crippen LogP contribution is -2.20. The molecule has 2 nitrogen and oxygen atoms in total. The second-order valence-electron chi connectivity index (χ2n) is 3.97. The summed E-state index contributed by atoms with van der Waals surface area (Å²) in [4.78, 5) is 0. The fraction of sp³-hybridized carbons (Fsp3) is 0.538. The van der Waals surface area contributed by atoms with Gasteiger partial charge in [0.15, 0.2) is 0 Å². The molecule has 1 rings (SSSR count). The number of rotatable bonds is 6. The fourth-order valence-corrected chi connectivity index (χ4v) is 1.66. The molecule has 0 saturated carbocycles. The highest BCUT2D eigenvalue weighted by molar-refractivity contribution is 5.50. The molecule has 1 N–H and O–H groups in total. The molecule has 0 atom stereocenters. The van der Waals surface area contributed by atoms with E-state index < -0.39 is 0 Å². The van der Waals surface area contributed by atoms with Gasteiger partial charge in [0.2, 0.25) is 0 Å².